The van der Waals surface area contributed by atoms with Gasteiger partial charge >= 0.3 is 0 Å². The molecule has 32 heavy (non-hydrogen) atoms. The quantitative estimate of drug-likeness (QED) is 0.442. The second-order valence-electron chi connectivity index (χ2n) is 11.2. The Bertz CT molecular complexity index is 1010. The van der Waals surface area contributed by atoms with Gasteiger partial charge in [-0.1, -0.05) is 48.0 Å². The normalized spacial score (nSPS) is 32.8. The van der Waals surface area contributed by atoms with E-state index in [4.69, 9.17) is 9.47 Å². The Morgan fingerprint density at radius 3 is 2.41 bits per heavy atom. The van der Waals surface area contributed by atoms with Crippen molar-refractivity contribution in [3.05, 3.63) is 57.8 Å². The van der Waals surface area contributed by atoms with Gasteiger partial charge in [0.2, 0.25) is 0 Å². The molecule has 2 unspecified atom stereocenters. The van der Waals surface area contributed by atoms with E-state index in [1.165, 1.54) is 44.6 Å². The number of halogens is 2. The lowest BCUT2D eigenvalue weighted by molar-refractivity contribution is -0.118. The largest absolute Gasteiger partial charge is 0.493 e. The minimum absolute atomic E-state index is 0.163. The number of rotatable bonds is 7. The van der Waals surface area contributed by atoms with Crippen LogP contribution in [0.4, 0.5) is 4.39 Å². The van der Waals surface area contributed by atoms with Crippen molar-refractivity contribution >= 4 is 15.9 Å². The molecule has 0 heterocycles. The highest BCUT2D eigenvalue weighted by Gasteiger charge is 2.59. The molecule has 5 heteroatoms. The lowest BCUT2D eigenvalue weighted by Crippen LogP contribution is -2.63. The van der Waals surface area contributed by atoms with Crippen LogP contribution in [0.1, 0.15) is 63.5 Å². The summed E-state index contributed by atoms with van der Waals surface area (Å²) in [5, 5.41) is 4.00. The minimum atomic E-state index is -0.254. The molecular formula is C27H33BrFNO2. The molecule has 1 N–H and O–H groups in total. The average molecular weight is 502 g/mol. The maximum absolute atomic E-state index is 14.2. The fourth-order valence-electron chi connectivity index (χ4n) is 7.75. The zero-order chi connectivity index (χ0) is 22.6. The van der Waals surface area contributed by atoms with Gasteiger partial charge in [0, 0.05) is 27.7 Å². The van der Waals surface area contributed by atoms with Crippen LogP contribution >= 0.6 is 15.9 Å². The second kappa shape index (κ2) is 8.02. The fourth-order valence-corrected chi connectivity index (χ4v) is 8.20. The Morgan fingerprint density at radius 2 is 1.75 bits per heavy atom. The van der Waals surface area contributed by atoms with E-state index in [0.29, 0.717) is 34.4 Å². The summed E-state index contributed by atoms with van der Waals surface area (Å²) in [6, 6.07) is 10.7. The molecule has 2 aromatic rings. The van der Waals surface area contributed by atoms with Crippen molar-refractivity contribution in [1.82, 2.24) is 5.32 Å². The molecule has 4 fully saturated rings. The van der Waals surface area contributed by atoms with Gasteiger partial charge in [0.25, 0.3) is 0 Å². The van der Waals surface area contributed by atoms with E-state index >= 15 is 0 Å². The molecule has 4 aliphatic carbocycles. The third kappa shape index (κ3) is 4.07. The maximum atomic E-state index is 14.2. The molecule has 4 saturated carbocycles. The number of methoxy groups -OCH3 is 1. The molecule has 4 aliphatic rings. The summed E-state index contributed by atoms with van der Waals surface area (Å²) in [6.45, 7) is 5.85. The number of nitrogens with one attached hydrogen (secondary N) is 1. The molecule has 2 aromatic carbocycles. The highest BCUT2D eigenvalue weighted by atomic mass is 79.9. The van der Waals surface area contributed by atoms with E-state index in [0.717, 1.165) is 16.0 Å². The molecular weight excluding hydrogens is 469 g/mol. The molecule has 0 saturated heterocycles. The van der Waals surface area contributed by atoms with Crippen molar-refractivity contribution in [1.29, 1.82) is 0 Å². The summed E-state index contributed by atoms with van der Waals surface area (Å²) in [5.74, 6) is 1.93. The third-order valence-electron chi connectivity index (χ3n) is 7.98. The Hall–Kier alpha value is -1.59. The van der Waals surface area contributed by atoms with Crippen molar-refractivity contribution in [2.75, 3.05) is 7.11 Å². The van der Waals surface area contributed by atoms with E-state index in [1.807, 2.05) is 18.2 Å². The molecule has 6 rings (SSSR count). The average Bonchev–Trinajstić information content (AvgIpc) is 2.70. The first-order chi connectivity index (χ1) is 15.2. The number of ether oxygens (including phenoxy) is 2. The van der Waals surface area contributed by atoms with Gasteiger partial charge in [0.1, 0.15) is 12.4 Å². The minimum Gasteiger partial charge on any atom is -0.493 e. The lowest BCUT2D eigenvalue weighted by Gasteiger charge is -2.65. The number of hydrogen-bond acceptors (Lipinski definition) is 3. The number of hydrogen-bond donors (Lipinski definition) is 1. The molecule has 3 nitrogen and oxygen atoms in total. The van der Waals surface area contributed by atoms with E-state index in [-0.39, 0.29) is 18.0 Å². The Labute approximate surface area is 199 Å². The SMILES string of the molecule is COc1ccc(Br)c(CNC23CC4CC(C)(CC(C)(C4)C2)C3)c1OCc1ccccc1F. The van der Waals surface area contributed by atoms with Gasteiger partial charge in [-0.2, -0.15) is 0 Å². The number of benzene rings is 2. The van der Waals surface area contributed by atoms with Crippen LogP contribution in [0.15, 0.2) is 40.9 Å². The molecule has 4 bridgehead atoms. The van der Waals surface area contributed by atoms with Gasteiger partial charge in [-0.05, 0) is 73.5 Å². The second-order valence-corrected chi connectivity index (χ2v) is 12.1. The summed E-state index contributed by atoms with van der Waals surface area (Å²) in [7, 11) is 1.65. The first-order valence-corrected chi connectivity index (χ1v) is 12.5. The molecule has 0 radical (unpaired) electrons. The van der Waals surface area contributed by atoms with Crippen LogP contribution in [0, 0.1) is 22.6 Å². The predicted octanol–water partition coefficient (Wildman–Crippen LogP) is 7.01. The van der Waals surface area contributed by atoms with E-state index < -0.39 is 0 Å². The molecule has 0 amide bonds. The smallest absolute Gasteiger partial charge is 0.167 e. The van der Waals surface area contributed by atoms with Gasteiger partial charge in [0.05, 0.1) is 7.11 Å². The summed E-state index contributed by atoms with van der Waals surface area (Å²) in [5.41, 5.74) is 2.67. The van der Waals surface area contributed by atoms with Gasteiger partial charge in [-0.3, -0.25) is 0 Å². The van der Waals surface area contributed by atoms with Gasteiger partial charge < -0.3 is 14.8 Å². The summed E-state index contributed by atoms with van der Waals surface area (Å²) in [6.07, 6.45) is 7.89. The summed E-state index contributed by atoms with van der Waals surface area (Å²) < 4.78 is 27.0. The van der Waals surface area contributed by atoms with Crippen molar-refractivity contribution in [2.45, 2.75) is 71.1 Å². The molecule has 0 aromatic heterocycles. The van der Waals surface area contributed by atoms with Crippen LogP contribution in [0.25, 0.3) is 0 Å². The third-order valence-corrected chi connectivity index (χ3v) is 8.73. The van der Waals surface area contributed by atoms with E-state index in [9.17, 15) is 4.39 Å². The summed E-state index contributed by atoms with van der Waals surface area (Å²) in [4.78, 5) is 0. The van der Waals surface area contributed by atoms with Crippen LogP contribution in [-0.2, 0) is 13.2 Å². The Kier molecular flexibility index (Phi) is 5.57. The zero-order valence-corrected chi connectivity index (χ0v) is 20.9. The monoisotopic (exact) mass is 501 g/mol. The van der Waals surface area contributed by atoms with Gasteiger partial charge in [-0.25, -0.2) is 4.39 Å². The van der Waals surface area contributed by atoms with Crippen molar-refractivity contribution < 1.29 is 13.9 Å². The van der Waals surface area contributed by atoms with E-state index in [2.05, 4.69) is 35.1 Å². The topological polar surface area (TPSA) is 30.5 Å². The van der Waals surface area contributed by atoms with Gasteiger partial charge in [-0.15, -0.1) is 0 Å². The highest BCUT2D eigenvalue weighted by molar-refractivity contribution is 9.10. The predicted molar refractivity (Wildman–Crippen MR) is 128 cm³/mol. The van der Waals surface area contributed by atoms with Crippen LogP contribution < -0.4 is 14.8 Å². The molecule has 0 aliphatic heterocycles. The Balaban J connectivity index is 1.40. The van der Waals surface area contributed by atoms with Crippen molar-refractivity contribution in [3.8, 4) is 11.5 Å². The first kappa shape index (κ1) is 22.2. The molecule has 0 spiro atoms. The zero-order valence-electron chi connectivity index (χ0n) is 19.3. The Morgan fingerprint density at radius 1 is 1.03 bits per heavy atom. The van der Waals surface area contributed by atoms with Crippen LogP contribution in [0.2, 0.25) is 0 Å². The highest BCUT2D eigenvalue weighted by Crippen LogP contribution is 2.66. The standard InChI is InChI=1S/C27H33BrFNO2/c1-25-10-18-11-26(2,15-25)17-27(12-18,16-25)30-13-20-21(28)8-9-23(31-3)24(20)32-14-19-6-4-5-7-22(19)29/h4-9,18,30H,10-17H2,1-3H3. The van der Waals surface area contributed by atoms with Crippen molar-refractivity contribution in [3.63, 3.8) is 0 Å². The van der Waals surface area contributed by atoms with Crippen LogP contribution in [0.5, 0.6) is 11.5 Å². The molecule has 172 valence electrons. The fraction of sp³-hybridized carbons (Fsp3) is 0.556. The van der Waals surface area contributed by atoms with Crippen LogP contribution in [-0.4, -0.2) is 12.6 Å². The van der Waals surface area contributed by atoms with Crippen LogP contribution in [0.3, 0.4) is 0 Å². The van der Waals surface area contributed by atoms with Gasteiger partial charge in [0.15, 0.2) is 11.5 Å². The van der Waals surface area contributed by atoms with E-state index in [1.54, 1.807) is 19.2 Å². The maximum Gasteiger partial charge on any atom is 0.167 e. The molecule has 2 atom stereocenters. The lowest BCUT2D eigenvalue weighted by atomic mass is 9.43. The first-order valence-electron chi connectivity index (χ1n) is 11.7. The summed E-state index contributed by atoms with van der Waals surface area (Å²) >= 11 is 3.73. The van der Waals surface area contributed by atoms with Crippen molar-refractivity contribution in [2.24, 2.45) is 16.7 Å².